The third-order valence-corrected chi connectivity index (χ3v) is 2.60. The van der Waals surface area contributed by atoms with Crippen LogP contribution in [0.25, 0.3) is 0 Å². The summed E-state index contributed by atoms with van der Waals surface area (Å²) >= 11 is 0. The molecular formula is C12H20N2O3. The lowest BCUT2D eigenvalue weighted by Crippen LogP contribution is -2.22. The lowest BCUT2D eigenvalue weighted by Gasteiger charge is -2.20. The lowest BCUT2D eigenvalue weighted by molar-refractivity contribution is 0.275. The maximum Gasteiger partial charge on any atom is 0.223 e. The van der Waals surface area contributed by atoms with E-state index in [0.717, 1.165) is 5.69 Å². The first-order valence-electron chi connectivity index (χ1n) is 5.65. The van der Waals surface area contributed by atoms with Crippen LogP contribution in [0, 0.1) is 6.92 Å². The normalized spacial score (nSPS) is 11.1. The van der Waals surface area contributed by atoms with Crippen LogP contribution in [0.1, 0.15) is 17.8 Å². The molecule has 0 radical (unpaired) electrons. The number of aromatic hydroxyl groups is 1. The molecule has 0 aliphatic rings. The monoisotopic (exact) mass is 240 g/mol. The van der Waals surface area contributed by atoms with Crippen molar-refractivity contribution in [3.05, 3.63) is 27.7 Å². The zero-order valence-corrected chi connectivity index (χ0v) is 10.6. The van der Waals surface area contributed by atoms with Crippen molar-refractivity contribution in [3.63, 3.8) is 0 Å². The highest BCUT2D eigenvalue weighted by molar-refractivity contribution is 5.29. The number of rotatable bonds is 5. The highest BCUT2D eigenvalue weighted by atomic mass is 16.3. The minimum Gasteiger partial charge on any atom is -0.503 e. The third-order valence-electron chi connectivity index (χ3n) is 2.60. The molecule has 96 valence electrons. The zero-order chi connectivity index (χ0) is 13.0. The van der Waals surface area contributed by atoms with Crippen LogP contribution >= 0.6 is 0 Å². The number of aliphatic hydroxyl groups is 1. The molecule has 0 amide bonds. The fraction of sp³-hybridized carbons (Fsp3) is 0.583. The average Bonchev–Trinajstić information content (AvgIpc) is 2.24. The molecule has 17 heavy (non-hydrogen) atoms. The summed E-state index contributed by atoms with van der Waals surface area (Å²) in [6.45, 7) is 3.01. The Morgan fingerprint density at radius 2 is 2.06 bits per heavy atom. The van der Waals surface area contributed by atoms with Crippen molar-refractivity contribution >= 4 is 0 Å². The summed E-state index contributed by atoms with van der Waals surface area (Å²) in [7, 11) is 3.76. The molecule has 0 fully saturated rings. The Hall–Kier alpha value is -1.33. The molecule has 1 rings (SSSR count). The van der Waals surface area contributed by atoms with Crippen LogP contribution in [0.15, 0.2) is 10.9 Å². The maximum atomic E-state index is 11.5. The Bertz CT molecular complexity index is 438. The second-order valence-electron chi connectivity index (χ2n) is 4.41. The molecular weight excluding hydrogens is 220 g/mol. The molecule has 0 bridgehead atoms. The minimum absolute atomic E-state index is 0.0910. The largest absolute Gasteiger partial charge is 0.503 e. The number of hydrogen-bond donors (Lipinski definition) is 2. The van der Waals surface area contributed by atoms with Gasteiger partial charge in [0.05, 0.1) is 5.69 Å². The van der Waals surface area contributed by atoms with Crippen LogP contribution in [0.2, 0.25) is 0 Å². The van der Waals surface area contributed by atoms with Crippen LogP contribution in [0.3, 0.4) is 0 Å². The zero-order valence-electron chi connectivity index (χ0n) is 10.6. The van der Waals surface area contributed by atoms with E-state index in [4.69, 9.17) is 5.11 Å². The summed E-state index contributed by atoms with van der Waals surface area (Å²) in [6, 6.07) is 1.42. The van der Waals surface area contributed by atoms with Gasteiger partial charge in [-0.05, 0) is 27.4 Å². The van der Waals surface area contributed by atoms with E-state index in [1.54, 1.807) is 0 Å². The van der Waals surface area contributed by atoms with E-state index in [1.165, 1.54) is 6.07 Å². The molecule has 1 aromatic heterocycles. The molecule has 0 saturated heterocycles. The molecule has 1 aromatic rings. The maximum absolute atomic E-state index is 11.5. The molecule has 0 aliphatic heterocycles. The Morgan fingerprint density at radius 3 is 2.59 bits per heavy atom. The van der Waals surface area contributed by atoms with Crippen molar-refractivity contribution in [1.29, 1.82) is 0 Å². The van der Waals surface area contributed by atoms with Gasteiger partial charge in [-0.15, -0.1) is 0 Å². The molecule has 2 N–H and O–H groups in total. The SMILES string of the molecule is Cc1cc(=O)c(O)c(CN(C)C)n1CCCO. The first kappa shape index (κ1) is 13.7. The molecule has 0 spiro atoms. The molecule has 0 aliphatic carbocycles. The van der Waals surface area contributed by atoms with E-state index in [2.05, 4.69) is 0 Å². The summed E-state index contributed by atoms with van der Waals surface area (Å²) in [5.74, 6) is -0.192. The van der Waals surface area contributed by atoms with Crippen molar-refractivity contribution in [2.75, 3.05) is 20.7 Å². The number of aliphatic hydroxyl groups excluding tert-OH is 1. The van der Waals surface area contributed by atoms with Gasteiger partial charge >= 0.3 is 0 Å². The Morgan fingerprint density at radius 1 is 1.41 bits per heavy atom. The summed E-state index contributed by atoms with van der Waals surface area (Å²) in [4.78, 5) is 13.4. The van der Waals surface area contributed by atoms with E-state index in [1.807, 2.05) is 30.5 Å². The Labute approximate surface area is 101 Å². The fourth-order valence-electron chi connectivity index (χ4n) is 1.82. The van der Waals surface area contributed by atoms with Crippen molar-refractivity contribution in [3.8, 4) is 5.75 Å². The summed E-state index contributed by atoms with van der Waals surface area (Å²) in [5.41, 5.74) is 1.06. The van der Waals surface area contributed by atoms with Gasteiger partial charge < -0.3 is 19.7 Å². The first-order valence-corrected chi connectivity index (χ1v) is 5.65. The highest BCUT2D eigenvalue weighted by Gasteiger charge is 2.13. The fourth-order valence-corrected chi connectivity index (χ4v) is 1.82. The number of aromatic nitrogens is 1. The van der Waals surface area contributed by atoms with Gasteiger partial charge in [0.2, 0.25) is 5.43 Å². The van der Waals surface area contributed by atoms with Gasteiger partial charge in [0.1, 0.15) is 0 Å². The van der Waals surface area contributed by atoms with Crippen LogP contribution in [0.4, 0.5) is 0 Å². The number of aryl methyl sites for hydroxylation is 1. The third kappa shape index (κ3) is 3.31. The predicted molar refractivity (Wildman–Crippen MR) is 66.2 cm³/mol. The van der Waals surface area contributed by atoms with Gasteiger partial charge in [-0.2, -0.15) is 0 Å². The van der Waals surface area contributed by atoms with Gasteiger partial charge in [-0.25, -0.2) is 0 Å². The Balaban J connectivity index is 3.23. The van der Waals surface area contributed by atoms with Gasteiger partial charge in [0.15, 0.2) is 5.75 Å². The van der Waals surface area contributed by atoms with Crippen LogP contribution in [-0.4, -0.2) is 40.4 Å². The predicted octanol–water partition coefficient (Wildman–Crippen LogP) is 0.306. The number of pyridine rings is 1. The average molecular weight is 240 g/mol. The van der Waals surface area contributed by atoms with Crippen LogP contribution in [-0.2, 0) is 13.1 Å². The van der Waals surface area contributed by atoms with Crippen molar-refractivity contribution in [2.45, 2.75) is 26.4 Å². The molecule has 0 atom stereocenters. The van der Waals surface area contributed by atoms with Crippen molar-refractivity contribution < 1.29 is 10.2 Å². The number of hydrogen-bond acceptors (Lipinski definition) is 4. The molecule has 0 aromatic carbocycles. The van der Waals surface area contributed by atoms with E-state index in [0.29, 0.717) is 25.2 Å². The Kier molecular flexibility index (Phi) is 4.72. The standard InChI is InChI=1S/C12H20N2O3/c1-9-7-11(16)12(17)10(8-13(2)3)14(9)5-4-6-15/h7,15,17H,4-6,8H2,1-3H3. The topological polar surface area (TPSA) is 65.7 Å². The molecule has 1 heterocycles. The smallest absolute Gasteiger partial charge is 0.223 e. The van der Waals surface area contributed by atoms with Crippen molar-refractivity contribution in [1.82, 2.24) is 9.47 Å². The lowest BCUT2D eigenvalue weighted by atomic mass is 10.2. The van der Waals surface area contributed by atoms with Crippen molar-refractivity contribution in [2.24, 2.45) is 0 Å². The van der Waals surface area contributed by atoms with E-state index in [9.17, 15) is 9.90 Å². The second-order valence-corrected chi connectivity index (χ2v) is 4.41. The van der Waals surface area contributed by atoms with Crippen LogP contribution < -0.4 is 5.43 Å². The molecule has 5 heteroatoms. The quantitative estimate of drug-likeness (QED) is 0.777. The van der Waals surface area contributed by atoms with Gasteiger partial charge in [-0.3, -0.25) is 4.79 Å². The highest BCUT2D eigenvalue weighted by Crippen LogP contribution is 2.16. The van der Waals surface area contributed by atoms with E-state index >= 15 is 0 Å². The van der Waals surface area contributed by atoms with Gasteiger partial charge in [-0.1, -0.05) is 0 Å². The van der Waals surface area contributed by atoms with Gasteiger partial charge in [0.25, 0.3) is 0 Å². The van der Waals surface area contributed by atoms with Crippen LogP contribution in [0.5, 0.6) is 5.75 Å². The van der Waals surface area contributed by atoms with E-state index in [-0.39, 0.29) is 17.8 Å². The summed E-state index contributed by atoms with van der Waals surface area (Å²) < 4.78 is 1.88. The van der Waals surface area contributed by atoms with E-state index < -0.39 is 0 Å². The first-order chi connectivity index (χ1) is 7.97. The molecule has 5 nitrogen and oxygen atoms in total. The summed E-state index contributed by atoms with van der Waals surface area (Å²) in [6.07, 6.45) is 0.601. The molecule has 0 unspecified atom stereocenters. The molecule has 0 saturated carbocycles. The summed E-state index contributed by atoms with van der Waals surface area (Å²) in [5, 5.41) is 18.7. The second kappa shape index (κ2) is 5.84. The van der Waals surface area contributed by atoms with Gasteiger partial charge in [0, 0.05) is 31.5 Å². The number of nitrogens with zero attached hydrogens (tertiary/aromatic N) is 2. The minimum atomic E-state index is -0.348.